The van der Waals surface area contributed by atoms with Crippen LogP contribution in [-0.2, 0) is 14.3 Å². The monoisotopic (exact) mass is 385 g/mol. The standard InChI is InChI=1S/C21H24FN3O3/c1-16(26)25(11-10-21(27)23-18-7-3-2-6-17(18)22)20-9-5-4-8-19(20)24-12-14-28-15-13-24/h2-9H,10-15H2,1H3,(H,23,27). The van der Waals surface area contributed by atoms with Crippen LogP contribution >= 0.6 is 0 Å². The molecule has 2 amide bonds. The Kier molecular flexibility index (Phi) is 6.60. The fourth-order valence-corrected chi connectivity index (χ4v) is 3.20. The normalized spacial score (nSPS) is 13.9. The summed E-state index contributed by atoms with van der Waals surface area (Å²) in [5.41, 5.74) is 1.83. The Balaban J connectivity index is 1.71. The molecule has 2 aromatic carbocycles. The van der Waals surface area contributed by atoms with Crippen molar-refractivity contribution in [2.75, 3.05) is 48.0 Å². The van der Waals surface area contributed by atoms with E-state index < -0.39 is 5.82 Å². The van der Waals surface area contributed by atoms with Crippen molar-refractivity contribution in [3.63, 3.8) is 0 Å². The van der Waals surface area contributed by atoms with E-state index in [0.29, 0.717) is 13.2 Å². The number of morpholine rings is 1. The second kappa shape index (κ2) is 9.32. The molecule has 1 aliphatic heterocycles. The summed E-state index contributed by atoms with van der Waals surface area (Å²) in [5, 5.41) is 2.56. The highest BCUT2D eigenvalue weighted by Crippen LogP contribution is 2.30. The molecule has 0 aromatic heterocycles. The van der Waals surface area contributed by atoms with Crippen LogP contribution in [0.15, 0.2) is 48.5 Å². The molecule has 1 saturated heterocycles. The van der Waals surface area contributed by atoms with Crippen molar-refractivity contribution in [1.29, 1.82) is 0 Å². The Morgan fingerprint density at radius 2 is 1.79 bits per heavy atom. The van der Waals surface area contributed by atoms with E-state index in [4.69, 9.17) is 4.74 Å². The summed E-state index contributed by atoms with van der Waals surface area (Å²) in [4.78, 5) is 28.3. The summed E-state index contributed by atoms with van der Waals surface area (Å²) in [6, 6.07) is 13.6. The molecule has 0 aliphatic carbocycles. The molecule has 2 aromatic rings. The topological polar surface area (TPSA) is 61.9 Å². The first-order valence-corrected chi connectivity index (χ1v) is 9.30. The number of halogens is 1. The molecule has 0 radical (unpaired) electrons. The van der Waals surface area contributed by atoms with Crippen molar-refractivity contribution < 1.29 is 18.7 Å². The minimum Gasteiger partial charge on any atom is -0.378 e. The van der Waals surface area contributed by atoms with Crippen LogP contribution in [0, 0.1) is 5.82 Å². The molecule has 7 heteroatoms. The van der Waals surface area contributed by atoms with E-state index in [1.54, 1.807) is 17.0 Å². The first-order valence-electron chi connectivity index (χ1n) is 9.30. The molecule has 6 nitrogen and oxygen atoms in total. The fraction of sp³-hybridized carbons (Fsp3) is 0.333. The maximum Gasteiger partial charge on any atom is 0.226 e. The van der Waals surface area contributed by atoms with E-state index in [1.165, 1.54) is 19.1 Å². The summed E-state index contributed by atoms with van der Waals surface area (Å²) >= 11 is 0. The van der Waals surface area contributed by atoms with Crippen molar-refractivity contribution in [1.82, 2.24) is 0 Å². The average molecular weight is 385 g/mol. The number of rotatable bonds is 6. The number of hydrogen-bond acceptors (Lipinski definition) is 4. The molecule has 1 fully saturated rings. The number of hydrogen-bond donors (Lipinski definition) is 1. The van der Waals surface area contributed by atoms with Gasteiger partial charge in [-0.15, -0.1) is 0 Å². The van der Waals surface area contributed by atoms with E-state index in [2.05, 4.69) is 10.2 Å². The van der Waals surface area contributed by atoms with Crippen LogP contribution in [-0.4, -0.2) is 44.7 Å². The molecule has 148 valence electrons. The van der Waals surface area contributed by atoms with Gasteiger partial charge in [-0.2, -0.15) is 0 Å². The van der Waals surface area contributed by atoms with Gasteiger partial charge >= 0.3 is 0 Å². The molecule has 3 rings (SSSR count). The maximum absolute atomic E-state index is 13.7. The van der Waals surface area contributed by atoms with E-state index in [1.807, 2.05) is 24.3 Å². The average Bonchev–Trinajstić information content (AvgIpc) is 2.71. The highest BCUT2D eigenvalue weighted by atomic mass is 19.1. The fourth-order valence-electron chi connectivity index (χ4n) is 3.20. The predicted molar refractivity (Wildman–Crippen MR) is 107 cm³/mol. The van der Waals surface area contributed by atoms with Gasteiger partial charge in [0.15, 0.2) is 0 Å². The third kappa shape index (κ3) is 4.86. The number of anilines is 3. The number of amides is 2. The lowest BCUT2D eigenvalue weighted by Crippen LogP contribution is -2.39. The first-order chi connectivity index (χ1) is 13.6. The number of nitrogens with one attached hydrogen (secondary N) is 1. The Bertz CT molecular complexity index is 837. The van der Waals surface area contributed by atoms with Crippen LogP contribution in [0.1, 0.15) is 13.3 Å². The number of carbonyl (C=O) groups excluding carboxylic acids is 2. The van der Waals surface area contributed by atoms with Gasteiger partial charge in [-0.25, -0.2) is 4.39 Å². The van der Waals surface area contributed by atoms with Gasteiger partial charge < -0.3 is 19.9 Å². The van der Waals surface area contributed by atoms with Gasteiger partial charge in [-0.05, 0) is 24.3 Å². The van der Waals surface area contributed by atoms with Gasteiger partial charge in [0.2, 0.25) is 11.8 Å². The van der Waals surface area contributed by atoms with Gasteiger partial charge in [0, 0.05) is 33.0 Å². The van der Waals surface area contributed by atoms with Crippen LogP contribution in [0.25, 0.3) is 0 Å². The summed E-state index contributed by atoms with van der Waals surface area (Å²) in [7, 11) is 0. The number of carbonyl (C=O) groups is 2. The smallest absolute Gasteiger partial charge is 0.226 e. The van der Waals surface area contributed by atoms with Gasteiger partial charge in [0.05, 0.1) is 30.3 Å². The highest BCUT2D eigenvalue weighted by Gasteiger charge is 2.21. The van der Waals surface area contributed by atoms with Gasteiger partial charge in [-0.3, -0.25) is 9.59 Å². The number of para-hydroxylation sites is 3. The third-order valence-electron chi connectivity index (χ3n) is 4.61. The largest absolute Gasteiger partial charge is 0.378 e. The molecule has 1 N–H and O–H groups in total. The Hall–Kier alpha value is -2.93. The second-order valence-electron chi connectivity index (χ2n) is 6.54. The SMILES string of the molecule is CC(=O)N(CCC(=O)Nc1ccccc1F)c1ccccc1N1CCOCC1. The van der Waals surface area contributed by atoms with Crippen molar-refractivity contribution in [2.45, 2.75) is 13.3 Å². The van der Waals surface area contributed by atoms with Crippen LogP contribution in [0.4, 0.5) is 21.5 Å². The van der Waals surface area contributed by atoms with Crippen LogP contribution in [0.5, 0.6) is 0 Å². The van der Waals surface area contributed by atoms with E-state index >= 15 is 0 Å². The zero-order valence-corrected chi connectivity index (χ0v) is 15.9. The third-order valence-corrected chi connectivity index (χ3v) is 4.61. The zero-order chi connectivity index (χ0) is 19.9. The van der Waals surface area contributed by atoms with Crippen LogP contribution in [0.2, 0.25) is 0 Å². The molecule has 0 unspecified atom stereocenters. The first kappa shape index (κ1) is 19.8. The lowest BCUT2D eigenvalue weighted by molar-refractivity contribution is -0.117. The molecule has 1 heterocycles. The van der Waals surface area contributed by atoms with Crippen molar-refractivity contribution >= 4 is 28.9 Å². The summed E-state index contributed by atoms with van der Waals surface area (Å²) in [6.45, 7) is 4.45. The number of benzene rings is 2. The highest BCUT2D eigenvalue weighted by molar-refractivity contribution is 5.97. The molecule has 0 saturated carbocycles. The van der Waals surface area contributed by atoms with Crippen LogP contribution in [0.3, 0.4) is 0 Å². The molecular formula is C21H24FN3O3. The molecule has 0 atom stereocenters. The lowest BCUT2D eigenvalue weighted by atomic mass is 10.2. The molecule has 0 spiro atoms. The molecular weight excluding hydrogens is 361 g/mol. The maximum atomic E-state index is 13.7. The minimum absolute atomic E-state index is 0.0609. The van der Waals surface area contributed by atoms with Crippen molar-refractivity contribution in [3.05, 3.63) is 54.3 Å². The van der Waals surface area contributed by atoms with Crippen LogP contribution < -0.4 is 15.1 Å². The summed E-state index contributed by atoms with van der Waals surface area (Å²) in [6.07, 6.45) is 0.0609. The quantitative estimate of drug-likeness (QED) is 0.830. The molecule has 0 bridgehead atoms. The zero-order valence-electron chi connectivity index (χ0n) is 15.9. The van der Waals surface area contributed by atoms with Gasteiger partial charge in [-0.1, -0.05) is 24.3 Å². The number of ether oxygens (including phenoxy) is 1. The second-order valence-corrected chi connectivity index (χ2v) is 6.54. The Labute approximate surface area is 163 Å². The predicted octanol–water partition coefficient (Wildman–Crippen LogP) is 3.04. The Morgan fingerprint density at radius 1 is 1.11 bits per heavy atom. The van der Waals surface area contributed by atoms with Gasteiger partial charge in [0.25, 0.3) is 0 Å². The lowest BCUT2D eigenvalue weighted by Gasteiger charge is -2.33. The molecule has 1 aliphatic rings. The van der Waals surface area contributed by atoms with E-state index in [-0.39, 0.29) is 30.5 Å². The summed E-state index contributed by atoms with van der Waals surface area (Å²) < 4.78 is 19.1. The Morgan fingerprint density at radius 3 is 2.50 bits per heavy atom. The summed E-state index contributed by atoms with van der Waals surface area (Å²) in [5.74, 6) is -0.989. The number of nitrogens with zero attached hydrogens (tertiary/aromatic N) is 2. The van der Waals surface area contributed by atoms with E-state index in [0.717, 1.165) is 24.5 Å². The van der Waals surface area contributed by atoms with Crippen molar-refractivity contribution in [2.24, 2.45) is 0 Å². The van der Waals surface area contributed by atoms with E-state index in [9.17, 15) is 14.0 Å². The minimum atomic E-state index is -0.489. The van der Waals surface area contributed by atoms with Crippen molar-refractivity contribution in [3.8, 4) is 0 Å². The van der Waals surface area contributed by atoms with Gasteiger partial charge in [0.1, 0.15) is 5.82 Å². The molecule has 28 heavy (non-hydrogen) atoms.